The molecule has 3 rings (SSSR count). The zero-order chi connectivity index (χ0) is 22.8. The smallest absolute Gasteiger partial charge is 0.255 e. The van der Waals surface area contributed by atoms with Crippen LogP contribution in [0, 0.1) is 0 Å². The third-order valence-corrected chi connectivity index (χ3v) is 5.43. The maximum absolute atomic E-state index is 12.5. The van der Waals surface area contributed by atoms with E-state index in [4.69, 9.17) is 4.74 Å². The number of hydrogen-bond donors (Lipinski definition) is 2. The lowest BCUT2D eigenvalue weighted by molar-refractivity contribution is -0.117. The number of benzene rings is 2. The van der Waals surface area contributed by atoms with Gasteiger partial charge in [0.15, 0.2) is 0 Å². The summed E-state index contributed by atoms with van der Waals surface area (Å²) in [5, 5.41) is 7.76. The Labute approximate surface area is 192 Å². The Balaban J connectivity index is 1.53. The molecule has 0 aliphatic rings. The third kappa shape index (κ3) is 7.08. The Morgan fingerprint density at radius 2 is 1.72 bits per heavy atom. The summed E-state index contributed by atoms with van der Waals surface area (Å²) in [7, 11) is 0. The second kappa shape index (κ2) is 11.8. The molecule has 0 aliphatic carbocycles. The van der Waals surface area contributed by atoms with Gasteiger partial charge in [-0.2, -0.15) is 0 Å². The first-order valence-corrected chi connectivity index (χ1v) is 11.2. The number of nitrogens with one attached hydrogen (secondary N) is 2. The van der Waals surface area contributed by atoms with Crippen LogP contribution in [0.2, 0.25) is 0 Å². The normalized spacial score (nSPS) is 10.6. The van der Waals surface area contributed by atoms with Crippen molar-refractivity contribution >= 4 is 34.5 Å². The number of carbonyl (C=O) groups excluding carboxylic acids is 2. The van der Waals surface area contributed by atoms with Crippen LogP contribution in [0.4, 0.5) is 11.4 Å². The molecule has 3 aromatic rings. The molecule has 2 amide bonds. The van der Waals surface area contributed by atoms with E-state index in [0.717, 1.165) is 5.75 Å². The number of carbonyl (C=O) groups is 2. The first-order chi connectivity index (χ1) is 15.6. The van der Waals surface area contributed by atoms with Gasteiger partial charge >= 0.3 is 0 Å². The second-order valence-electron chi connectivity index (χ2n) is 7.07. The first kappa shape index (κ1) is 23.2. The number of anilines is 2. The molecule has 0 spiro atoms. The van der Waals surface area contributed by atoms with E-state index in [1.807, 2.05) is 35.4 Å². The molecular formula is C25H27N3O3S. The Morgan fingerprint density at radius 1 is 1.03 bits per heavy atom. The number of ether oxygens (including phenoxy) is 1. The minimum atomic E-state index is -0.222. The zero-order valence-electron chi connectivity index (χ0n) is 18.0. The average Bonchev–Trinajstić information content (AvgIpc) is 3.29. The molecular weight excluding hydrogens is 422 g/mol. The van der Waals surface area contributed by atoms with Crippen molar-refractivity contribution in [2.75, 3.05) is 30.3 Å². The Kier molecular flexibility index (Phi) is 8.60. The molecule has 7 heteroatoms. The molecule has 6 nitrogen and oxygen atoms in total. The topological polar surface area (TPSA) is 70.7 Å². The standard InChI is InChI=1S/C25H27N3O3S/c1-3-15-28(17-23-6-5-16-32-23)18-24(29)26-20-9-7-19(8-10-20)25(30)27-21-11-13-22(14-12-21)31-4-2/h3,5-14,16H,1,4,15,17-18H2,2H3,(H,26,29)(H,27,30). The molecule has 0 saturated heterocycles. The van der Waals surface area contributed by atoms with E-state index < -0.39 is 0 Å². The minimum Gasteiger partial charge on any atom is -0.494 e. The summed E-state index contributed by atoms with van der Waals surface area (Å²) >= 11 is 1.66. The van der Waals surface area contributed by atoms with Crippen molar-refractivity contribution in [3.8, 4) is 5.75 Å². The first-order valence-electron chi connectivity index (χ1n) is 10.4. The van der Waals surface area contributed by atoms with Crippen molar-refractivity contribution in [3.05, 3.63) is 89.1 Å². The quantitative estimate of drug-likeness (QED) is 0.403. The monoisotopic (exact) mass is 449 g/mol. The predicted octanol–water partition coefficient (Wildman–Crippen LogP) is 5.03. The van der Waals surface area contributed by atoms with Gasteiger partial charge in [-0.05, 0) is 66.9 Å². The molecule has 166 valence electrons. The third-order valence-electron chi connectivity index (χ3n) is 4.57. The Hall–Kier alpha value is -3.42. The van der Waals surface area contributed by atoms with Gasteiger partial charge in [-0.25, -0.2) is 0 Å². The fourth-order valence-electron chi connectivity index (χ4n) is 3.10. The highest BCUT2D eigenvalue weighted by Crippen LogP contribution is 2.17. The van der Waals surface area contributed by atoms with Crippen molar-refractivity contribution in [1.29, 1.82) is 0 Å². The van der Waals surface area contributed by atoms with Crippen LogP contribution >= 0.6 is 11.3 Å². The van der Waals surface area contributed by atoms with E-state index in [1.165, 1.54) is 4.88 Å². The van der Waals surface area contributed by atoms with E-state index in [1.54, 1.807) is 53.8 Å². The highest BCUT2D eigenvalue weighted by molar-refractivity contribution is 7.09. The zero-order valence-corrected chi connectivity index (χ0v) is 18.9. The number of nitrogens with zero attached hydrogens (tertiary/aromatic N) is 1. The molecule has 2 aromatic carbocycles. The van der Waals surface area contributed by atoms with Gasteiger partial charge in [0.2, 0.25) is 5.91 Å². The van der Waals surface area contributed by atoms with Crippen molar-refractivity contribution < 1.29 is 14.3 Å². The number of thiophene rings is 1. The van der Waals surface area contributed by atoms with E-state index in [-0.39, 0.29) is 18.4 Å². The van der Waals surface area contributed by atoms with Crippen LogP contribution in [0.15, 0.2) is 78.7 Å². The highest BCUT2D eigenvalue weighted by atomic mass is 32.1. The van der Waals surface area contributed by atoms with Crippen molar-refractivity contribution in [2.24, 2.45) is 0 Å². The van der Waals surface area contributed by atoms with Crippen molar-refractivity contribution in [2.45, 2.75) is 13.5 Å². The Morgan fingerprint density at radius 3 is 2.34 bits per heavy atom. The second-order valence-corrected chi connectivity index (χ2v) is 8.11. The van der Waals surface area contributed by atoms with Crippen LogP contribution < -0.4 is 15.4 Å². The summed E-state index contributed by atoms with van der Waals surface area (Å²) in [6.45, 7) is 7.86. The molecule has 0 bridgehead atoms. The van der Waals surface area contributed by atoms with E-state index >= 15 is 0 Å². The lowest BCUT2D eigenvalue weighted by Gasteiger charge is -2.19. The molecule has 0 unspecified atom stereocenters. The van der Waals surface area contributed by atoms with Crippen LogP contribution in [0.1, 0.15) is 22.2 Å². The predicted molar refractivity (Wildman–Crippen MR) is 130 cm³/mol. The average molecular weight is 450 g/mol. The van der Waals surface area contributed by atoms with Crippen LogP contribution in [0.3, 0.4) is 0 Å². The molecule has 1 heterocycles. The van der Waals surface area contributed by atoms with Gasteiger partial charge in [0.1, 0.15) is 5.75 Å². The molecule has 0 aliphatic heterocycles. The fourth-order valence-corrected chi connectivity index (χ4v) is 3.85. The van der Waals surface area contributed by atoms with Gasteiger partial charge in [-0.1, -0.05) is 12.1 Å². The van der Waals surface area contributed by atoms with Crippen molar-refractivity contribution in [1.82, 2.24) is 4.90 Å². The summed E-state index contributed by atoms with van der Waals surface area (Å²) in [6.07, 6.45) is 1.79. The van der Waals surface area contributed by atoms with Crippen molar-refractivity contribution in [3.63, 3.8) is 0 Å². The summed E-state index contributed by atoms with van der Waals surface area (Å²) in [6, 6.07) is 18.1. The summed E-state index contributed by atoms with van der Waals surface area (Å²) in [4.78, 5) is 28.2. The summed E-state index contributed by atoms with van der Waals surface area (Å²) < 4.78 is 5.40. The van der Waals surface area contributed by atoms with Crippen LogP contribution in [0.5, 0.6) is 5.75 Å². The van der Waals surface area contributed by atoms with Crippen LogP contribution in [0.25, 0.3) is 0 Å². The van der Waals surface area contributed by atoms with Gasteiger partial charge in [-0.3, -0.25) is 14.5 Å². The molecule has 32 heavy (non-hydrogen) atoms. The molecule has 2 N–H and O–H groups in total. The number of hydrogen-bond acceptors (Lipinski definition) is 5. The molecule has 0 saturated carbocycles. The minimum absolute atomic E-state index is 0.116. The lowest BCUT2D eigenvalue weighted by atomic mass is 10.2. The maximum Gasteiger partial charge on any atom is 0.255 e. The summed E-state index contributed by atoms with van der Waals surface area (Å²) in [5.74, 6) is 0.419. The molecule has 0 atom stereocenters. The van der Waals surface area contributed by atoms with Crippen LogP contribution in [-0.2, 0) is 11.3 Å². The van der Waals surface area contributed by atoms with Crippen LogP contribution in [-0.4, -0.2) is 36.4 Å². The SMILES string of the molecule is C=CCN(CC(=O)Nc1ccc(C(=O)Nc2ccc(OCC)cc2)cc1)Cc1cccs1. The van der Waals surface area contributed by atoms with Gasteiger partial charge in [0, 0.05) is 34.9 Å². The molecule has 1 aromatic heterocycles. The van der Waals surface area contributed by atoms with Gasteiger partial charge in [-0.15, -0.1) is 17.9 Å². The summed E-state index contributed by atoms with van der Waals surface area (Å²) in [5.41, 5.74) is 1.83. The number of rotatable bonds is 11. The lowest BCUT2D eigenvalue weighted by Crippen LogP contribution is -2.32. The van der Waals surface area contributed by atoms with E-state index in [9.17, 15) is 9.59 Å². The number of amides is 2. The molecule has 0 radical (unpaired) electrons. The molecule has 0 fully saturated rings. The maximum atomic E-state index is 12.5. The highest BCUT2D eigenvalue weighted by Gasteiger charge is 2.12. The Bertz CT molecular complexity index is 1020. The largest absolute Gasteiger partial charge is 0.494 e. The van der Waals surface area contributed by atoms with E-state index in [2.05, 4.69) is 23.3 Å². The van der Waals surface area contributed by atoms with E-state index in [0.29, 0.717) is 36.6 Å². The fraction of sp³-hybridized carbons (Fsp3) is 0.200. The van der Waals surface area contributed by atoms with Gasteiger partial charge < -0.3 is 15.4 Å². The van der Waals surface area contributed by atoms with Gasteiger partial charge in [0.25, 0.3) is 5.91 Å². The van der Waals surface area contributed by atoms with Gasteiger partial charge in [0.05, 0.1) is 13.2 Å².